The van der Waals surface area contributed by atoms with Crippen LogP contribution in [0.4, 0.5) is 4.79 Å². The molecule has 2 aromatic carbocycles. The van der Waals surface area contributed by atoms with Crippen LogP contribution in [0.25, 0.3) is 17.0 Å². The van der Waals surface area contributed by atoms with E-state index in [1.165, 1.54) is 4.90 Å². The van der Waals surface area contributed by atoms with Gasteiger partial charge in [0.1, 0.15) is 5.75 Å². The molecule has 2 aliphatic heterocycles. The molecule has 30 heavy (non-hydrogen) atoms. The van der Waals surface area contributed by atoms with Gasteiger partial charge in [-0.2, -0.15) is 0 Å². The zero-order valence-electron chi connectivity index (χ0n) is 16.3. The summed E-state index contributed by atoms with van der Waals surface area (Å²) in [6.07, 6.45) is 2.78. The highest BCUT2D eigenvalue weighted by Gasteiger charge is 2.30. The maximum absolute atomic E-state index is 12.9. The van der Waals surface area contributed by atoms with Crippen LogP contribution in [-0.4, -0.2) is 57.9 Å². The van der Waals surface area contributed by atoms with Crippen molar-refractivity contribution in [3.63, 3.8) is 0 Å². The van der Waals surface area contributed by atoms with E-state index in [1.54, 1.807) is 12.1 Å². The summed E-state index contributed by atoms with van der Waals surface area (Å²) in [5.41, 5.74) is 3.43. The molecule has 1 amide bonds. The van der Waals surface area contributed by atoms with E-state index in [2.05, 4.69) is 9.88 Å². The summed E-state index contributed by atoms with van der Waals surface area (Å²) in [5.74, 6) is 0.806. The van der Waals surface area contributed by atoms with Gasteiger partial charge in [-0.15, -0.1) is 0 Å². The van der Waals surface area contributed by atoms with Crippen LogP contribution in [0.1, 0.15) is 21.5 Å². The highest BCUT2D eigenvalue weighted by atomic mass is 16.5. The van der Waals surface area contributed by atoms with Crippen molar-refractivity contribution >= 4 is 28.9 Å². The van der Waals surface area contributed by atoms with Crippen molar-refractivity contribution in [1.82, 2.24) is 14.8 Å². The van der Waals surface area contributed by atoms with Gasteiger partial charge in [0.2, 0.25) is 5.78 Å². The van der Waals surface area contributed by atoms with E-state index in [-0.39, 0.29) is 5.78 Å². The number of carbonyl (C=O) groups is 2. The van der Waals surface area contributed by atoms with Gasteiger partial charge in [-0.25, -0.2) is 4.79 Å². The lowest BCUT2D eigenvalue weighted by Gasteiger charge is -2.33. The van der Waals surface area contributed by atoms with Crippen LogP contribution in [0.3, 0.4) is 0 Å². The van der Waals surface area contributed by atoms with Gasteiger partial charge in [0.15, 0.2) is 5.76 Å². The van der Waals surface area contributed by atoms with Crippen molar-refractivity contribution in [3.05, 3.63) is 71.1 Å². The summed E-state index contributed by atoms with van der Waals surface area (Å²) in [6.45, 7) is 2.89. The number of benzene rings is 2. The average molecular weight is 403 g/mol. The molecule has 0 unspecified atom stereocenters. The minimum absolute atomic E-state index is 0.118. The second-order valence-electron chi connectivity index (χ2n) is 7.57. The third-order valence-electron chi connectivity index (χ3n) is 5.72. The molecule has 0 bridgehead atoms. The molecule has 2 aliphatic rings. The van der Waals surface area contributed by atoms with Gasteiger partial charge in [-0.1, -0.05) is 30.3 Å². The third kappa shape index (κ3) is 3.23. The molecule has 0 aliphatic carbocycles. The number of amides is 1. The number of fused-ring (bicyclic) bond motifs is 2. The molecule has 2 N–H and O–H groups in total. The molecule has 0 spiro atoms. The van der Waals surface area contributed by atoms with E-state index in [0.29, 0.717) is 49.8 Å². The van der Waals surface area contributed by atoms with Gasteiger partial charge in [0.05, 0.1) is 5.56 Å². The Morgan fingerprint density at radius 1 is 1.10 bits per heavy atom. The largest absolute Gasteiger partial charge is 0.465 e. The lowest BCUT2D eigenvalue weighted by Crippen LogP contribution is -2.47. The Hall–Kier alpha value is -3.58. The van der Waals surface area contributed by atoms with Crippen molar-refractivity contribution in [1.29, 1.82) is 0 Å². The SMILES string of the molecule is O=C1/C(=C/c2c[nH]c3ccccc23)Oc2c(CN3CCN(C(=O)O)CC3)cccc21. The topological polar surface area (TPSA) is 85.9 Å². The fourth-order valence-corrected chi connectivity index (χ4v) is 4.09. The summed E-state index contributed by atoms with van der Waals surface area (Å²) in [7, 11) is 0. The molecule has 1 aromatic heterocycles. The zero-order valence-corrected chi connectivity index (χ0v) is 16.3. The maximum Gasteiger partial charge on any atom is 0.407 e. The lowest BCUT2D eigenvalue weighted by molar-refractivity contribution is 0.101. The number of carboxylic acid groups (broad SMARTS) is 1. The van der Waals surface area contributed by atoms with E-state index in [9.17, 15) is 9.59 Å². The number of piperazine rings is 1. The van der Waals surface area contributed by atoms with Crippen LogP contribution in [-0.2, 0) is 6.54 Å². The summed E-state index contributed by atoms with van der Waals surface area (Å²) < 4.78 is 6.04. The second kappa shape index (κ2) is 7.35. The number of hydrogen-bond acceptors (Lipinski definition) is 4. The number of aromatic nitrogens is 1. The van der Waals surface area contributed by atoms with E-state index < -0.39 is 6.09 Å². The number of allylic oxidation sites excluding steroid dienone is 1. The number of Topliss-reactive ketones (excluding diaryl/α,β-unsaturated/α-hetero) is 1. The van der Waals surface area contributed by atoms with Gasteiger partial charge < -0.3 is 19.7 Å². The van der Waals surface area contributed by atoms with Crippen molar-refractivity contribution in [2.45, 2.75) is 6.54 Å². The van der Waals surface area contributed by atoms with Crippen LogP contribution in [0.2, 0.25) is 0 Å². The number of hydrogen-bond donors (Lipinski definition) is 2. The predicted molar refractivity (Wildman–Crippen MR) is 113 cm³/mol. The second-order valence-corrected chi connectivity index (χ2v) is 7.57. The van der Waals surface area contributed by atoms with Gasteiger partial charge in [0, 0.05) is 61.0 Å². The molecule has 7 heteroatoms. The van der Waals surface area contributed by atoms with E-state index in [1.807, 2.05) is 42.6 Å². The Bertz CT molecular complexity index is 1170. The molecule has 1 fully saturated rings. The highest BCUT2D eigenvalue weighted by Crippen LogP contribution is 2.36. The number of ether oxygens (including phenoxy) is 1. The van der Waals surface area contributed by atoms with Gasteiger partial charge in [-0.05, 0) is 18.2 Å². The fourth-order valence-electron chi connectivity index (χ4n) is 4.09. The predicted octanol–water partition coefficient (Wildman–Crippen LogP) is 3.58. The molecular weight excluding hydrogens is 382 g/mol. The number of carbonyl (C=O) groups excluding carboxylic acids is 1. The molecule has 3 aromatic rings. The quantitative estimate of drug-likeness (QED) is 0.653. The third-order valence-corrected chi connectivity index (χ3v) is 5.72. The normalized spacial score (nSPS) is 18.1. The van der Waals surface area contributed by atoms with E-state index in [4.69, 9.17) is 9.84 Å². The Balaban J connectivity index is 1.38. The smallest absolute Gasteiger partial charge is 0.407 e. The molecule has 5 rings (SSSR count). The van der Waals surface area contributed by atoms with E-state index >= 15 is 0 Å². The number of ketones is 1. The molecule has 0 radical (unpaired) electrons. The minimum Gasteiger partial charge on any atom is -0.465 e. The fraction of sp³-hybridized carbons (Fsp3) is 0.217. The number of para-hydroxylation sites is 2. The van der Waals surface area contributed by atoms with Crippen molar-refractivity contribution in [2.75, 3.05) is 26.2 Å². The van der Waals surface area contributed by atoms with Crippen LogP contribution < -0.4 is 4.74 Å². The van der Waals surface area contributed by atoms with E-state index in [0.717, 1.165) is 22.0 Å². The molecule has 0 saturated carbocycles. The van der Waals surface area contributed by atoms with Gasteiger partial charge >= 0.3 is 6.09 Å². The van der Waals surface area contributed by atoms with Gasteiger partial charge in [0.25, 0.3) is 0 Å². The van der Waals surface area contributed by atoms with Crippen LogP contribution in [0, 0.1) is 0 Å². The molecule has 1 saturated heterocycles. The van der Waals surface area contributed by atoms with Crippen molar-refractivity contribution in [3.8, 4) is 5.75 Å². The molecular formula is C23H21N3O4. The first-order valence-corrected chi connectivity index (χ1v) is 9.92. The molecule has 152 valence electrons. The number of nitrogens with one attached hydrogen (secondary N) is 1. The first-order chi connectivity index (χ1) is 14.6. The standard InChI is InChI=1S/C23H21N3O4/c27-21-18-6-3-4-15(14-25-8-10-26(11-9-25)23(28)29)22(18)30-20(21)12-16-13-24-19-7-2-1-5-17(16)19/h1-7,12-13,24H,8-11,14H2,(H,28,29)/b20-12-. The zero-order chi connectivity index (χ0) is 20.7. The number of nitrogens with zero attached hydrogens (tertiary/aromatic N) is 2. The summed E-state index contributed by atoms with van der Waals surface area (Å²) in [4.78, 5) is 30.9. The van der Waals surface area contributed by atoms with Crippen molar-refractivity contribution in [2.24, 2.45) is 0 Å². The molecule has 7 nitrogen and oxygen atoms in total. The lowest BCUT2D eigenvalue weighted by atomic mass is 10.0. The summed E-state index contributed by atoms with van der Waals surface area (Å²) in [5, 5.41) is 10.1. The summed E-state index contributed by atoms with van der Waals surface area (Å²) >= 11 is 0. The monoisotopic (exact) mass is 403 g/mol. The van der Waals surface area contributed by atoms with Crippen LogP contribution in [0.5, 0.6) is 5.75 Å². The average Bonchev–Trinajstić information content (AvgIpc) is 3.31. The first-order valence-electron chi connectivity index (χ1n) is 9.92. The minimum atomic E-state index is -0.878. The maximum atomic E-state index is 12.9. The summed E-state index contributed by atoms with van der Waals surface area (Å²) in [6, 6.07) is 13.6. The molecule has 0 atom stereocenters. The number of H-pyrrole nitrogens is 1. The van der Waals surface area contributed by atoms with Crippen LogP contribution in [0.15, 0.2) is 54.4 Å². The number of rotatable bonds is 3. The van der Waals surface area contributed by atoms with Crippen molar-refractivity contribution < 1.29 is 19.4 Å². The number of aromatic amines is 1. The Kier molecular flexibility index (Phi) is 4.52. The first kappa shape index (κ1) is 18.4. The van der Waals surface area contributed by atoms with Crippen LogP contribution >= 0.6 is 0 Å². The van der Waals surface area contributed by atoms with Gasteiger partial charge in [-0.3, -0.25) is 9.69 Å². The molecule has 3 heterocycles. The Labute approximate surface area is 173 Å². The Morgan fingerprint density at radius 3 is 2.70 bits per heavy atom. The Morgan fingerprint density at radius 2 is 1.90 bits per heavy atom. The highest BCUT2D eigenvalue weighted by molar-refractivity contribution is 6.15.